The Morgan fingerprint density at radius 1 is 0.889 bits per heavy atom. The third kappa shape index (κ3) is 1.93. The Kier molecular flexibility index (Phi) is 2.71. The largest absolute Gasteiger partial charge is 0.353 e. The zero-order chi connectivity index (χ0) is 12.2. The van der Waals surface area contributed by atoms with Crippen molar-refractivity contribution in [3.8, 4) is 0 Å². The number of H-pyrrole nitrogens is 2. The van der Waals surface area contributed by atoms with Crippen LogP contribution in [-0.4, -0.2) is 25.4 Å². The first-order valence-electron chi connectivity index (χ1n) is 5.56. The van der Waals surface area contributed by atoms with Crippen LogP contribution >= 0.6 is 0 Å². The molecular formula is C13H11N5. The number of rotatable bonds is 0. The summed E-state index contributed by atoms with van der Waals surface area (Å²) in [5, 5.41) is 11.8. The minimum absolute atomic E-state index is 1.10. The molecule has 0 atom stereocenters. The molecular weight excluding hydrogens is 226 g/mol. The summed E-state index contributed by atoms with van der Waals surface area (Å²) in [6, 6.07) is 10.3. The number of fused-ring (bicyclic) bond motifs is 3. The van der Waals surface area contributed by atoms with Gasteiger partial charge in [-0.3, -0.25) is 10.1 Å². The molecule has 5 nitrogen and oxygen atoms in total. The molecule has 88 valence electrons. The fourth-order valence-corrected chi connectivity index (χ4v) is 1.87. The molecule has 0 spiro atoms. The van der Waals surface area contributed by atoms with E-state index in [2.05, 4.69) is 43.6 Å². The van der Waals surface area contributed by atoms with Crippen molar-refractivity contribution in [2.75, 3.05) is 0 Å². The van der Waals surface area contributed by atoms with Crippen LogP contribution in [0, 0.1) is 0 Å². The molecule has 0 fully saturated rings. The van der Waals surface area contributed by atoms with E-state index in [0.29, 0.717) is 0 Å². The molecule has 0 aliphatic heterocycles. The van der Waals surface area contributed by atoms with Gasteiger partial charge in [0.2, 0.25) is 0 Å². The smallest absolute Gasteiger partial charge is 0.0690 e. The summed E-state index contributed by atoms with van der Waals surface area (Å²) in [6.07, 6.45) is 6.91. The Morgan fingerprint density at radius 3 is 2.56 bits per heavy atom. The number of nitrogens with one attached hydrogen (secondary N) is 2. The second-order valence-electron chi connectivity index (χ2n) is 3.75. The molecule has 18 heavy (non-hydrogen) atoms. The summed E-state index contributed by atoms with van der Waals surface area (Å²) in [6.45, 7) is 0. The van der Waals surface area contributed by atoms with E-state index < -0.39 is 0 Å². The monoisotopic (exact) mass is 237 g/mol. The first-order valence-corrected chi connectivity index (χ1v) is 5.56. The number of aromatic nitrogens is 5. The first kappa shape index (κ1) is 10.5. The number of hydrogen-bond acceptors (Lipinski definition) is 3. The van der Waals surface area contributed by atoms with E-state index in [1.807, 2.05) is 24.5 Å². The maximum Gasteiger partial charge on any atom is 0.0690 e. The van der Waals surface area contributed by atoms with Crippen LogP contribution < -0.4 is 0 Å². The number of nitrogens with zero attached hydrogens (tertiary/aromatic N) is 3. The lowest BCUT2D eigenvalue weighted by Crippen LogP contribution is -1.68. The molecule has 0 bridgehead atoms. The van der Waals surface area contributed by atoms with Gasteiger partial charge in [-0.15, -0.1) is 5.10 Å². The fraction of sp³-hybridized carbons (Fsp3) is 0. The molecule has 0 unspecified atom stereocenters. The van der Waals surface area contributed by atoms with Crippen molar-refractivity contribution in [1.82, 2.24) is 25.4 Å². The highest BCUT2D eigenvalue weighted by molar-refractivity contribution is 6.06. The lowest BCUT2D eigenvalue weighted by molar-refractivity contribution is 0.940. The third-order valence-electron chi connectivity index (χ3n) is 2.64. The van der Waals surface area contributed by atoms with Crippen LogP contribution in [0.5, 0.6) is 0 Å². The van der Waals surface area contributed by atoms with E-state index >= 15 is 0 Å². The van der Waals surface area contributed by atoms with Gasteiger partial charge in [0.05, 0.1) is 17.9 Å². The normalized spacial score (nSPS) is 10.2. The number of para-hydroxylation sites is 1. The van der Waals surface area contributed by atoms with Crippen molar-refractivity contribution in [3.05, 3.63) is 55.1 Å². The lowest BCUT2D eigenvalue weighted by Gasteiger charge is -1.87. The Balaban J connectivity index is 0.000000169. The van der Waals surface area contributed by atoms with E-state index in [4.69, 9.17) is 0 Å². The first-order chi connectivity index (χ1) is 8.95. The van der Waals surface area contributed by atoms with Crippen LogP contribution in [0.2, 0.25) is 0 Å². The maximum absolute atomic E-state index is 4.08. The van der Waals surface area contributed by atoms with Crippen LogP contribution in [0.25, 0.3) is 21.8 Å². The molecule has 0 saturated heterocycles. The van der Waals surface area contributed by atoms with Gasteiger partial charge in [-0.05, 0) is 12.1 Å². The van der Waals surface area contributed by atoms with Crippen molar-refractivity contribution in [3.63, 3.8) is 0 Å². The molecule has 0 radical (unpaired) electrons. The molecule has 2 N–H and O–H groups in total. The van der Waals surface area contributed by atoms with Gasteiger partial charge in [0.15, 0.2) is 0 Å². The van der Waals surface area contributed by atoms with Crippen molar-refractivity contribution >= 4 is 21.8 Å². The van der Waals surface area contributed by atoms with E-state index in [9.17, 15) is 0 Å². The topological polar surface area (TPSA) is 70.2 Å². The average Bonchev–Trinajstić information content (AvgIpc) is 3.10. The number of aromatic amines is 2. The average molecular weight is 237 g/mol. The molecule has 0 aliphatic rings. The van der Waals surface area contributed by atoms with Crippen molar-refractivity contribution in [2.45, 2.75) is 0 Å². The fourth-order valence-electron chi connectivity index (χ4n) is 1.87. The van der Waals surface area contributed by atoms with Gasteiger partial charge in [-0.1, -0.05) is 23.4 Å². The summed E-state index contributed by atoms with van der Waals surface area (Å²) >= 11 is 0. The molecule has 1 aromatic carbocycles. The van der Waals surface area contributed by atoms with Gasteiger partial charge >= 0.3 is 0 Å². The molecule has 5 heteroatoms. The van der Waals surface area contributed by atoms with Crippen molar-refractivity contribution in [1.29, 1.82) is 0 Å². The van der Waals surface area contributed by atoms with Crippen LogP contribution in [0.4, 0.5) is 0 Å². The second kappa shape index (κ2) is 4.67. The molecule has 0 saturated carbocycles. The standard InChI is InChI=1S/C11H8N2.C2H3N3/c1-2-4-10-8(3-1)9-5-6-12-7-11(9)13-10;1-2-4-5-3-1/h1-7,13H;1-2H,(H,3,4,5). The molecule has 3 aromatic heterocycles. The highest BCUT2D eigenvalue weighted by Gasteiger charge is 2.00. The van der Waals surface area contributed by atoms with Crippen LogP contribution in [0.3, 0.4) is 0 Å². The molecule has 3 heterocycles. The predicted molar refractivity (Wildman–Crippen MR) is 70.0 cm³/mol. The Labute approximate surface area is 103 Å². The Bertz CT molecular complexity index is 675. The molecule has 0 aliphatic carbocycles. The summed E-state index contributed by atoms with van der Waals surface area (Å²) < 4.78 is 0. The maximum atomic E-state index is 4.08. The SMILES string of the molecule is c1c[nH]nn1.c1ccc2c(c1)[nH]c1cnccc12. The van der Waals surface area contributed by atoms with Gasteiger partial charge in [0, 0.05) is 28.7 Å². The lowest BCUT2D eigenvalue weighted by atomic mass is 10.2. The van der Waals surface area contributed by atoms with Gasteiger partial charge in [0.1, 0.15) is 0 Å². The van der Waals surface area contributed by atoms with E-state index in [0.717, 1.165) is 5.52 Å². The molecule has 4 aromatic rings. The second-order valence-corrected chi connectivity index (χ2v) is 3.75. The summed E-state index contributed by atoms with van der Waals surface area (Å²) in [4.78, 5) is 7.39. The Morgan fingerprint density at radius 2 is 1.78 bits per heavy atom. The predicted octanol–water partition coefficient (Wildman–Crippen LogP) is 2.52. The number of hydrogen-bond donors (Lipinski definition) is 2. The molecule has 4 rings (SSSR count). The highest BCUT2D eigenvalue weighted by atomic mass is 15.3. The van der Waals surface area contributed by atoms with Gasteiger partial charge in [-0.25, -0.2) is 0 Å². The van der Waals surface area contributed by atoms with Crippen LogP contribution in [-0.2, 0) is 0 Å². The van der Waals surface area contributed by atoms with Crippen molar-refractivity contribution < 1.29 is 0 Å². The molecule has 0 amide bonds. The minimum atomic E-state index is 1.10. The quantitative estimate of drug-likeness (QED) is 0.493. The van der Waals surface area contributed by atoms with Gasteiger partial charge in [-0.2, -0.15) is 0 Å². The summed E-state index contributed by atoms with van der Waals surface area (Å²) in [7, 11) is 0. The summed E-state index contributed by atoms with van der Waals surface area (Å²) in [5.41, 5.74) is 2.27. The zero-order valence-electron chi connectivity index (χ0n) is 9.54. The van der Waals surface area contributed by atoms with Crippen LogP contribution in [0.1, 0.15) is 0 Å². The van der Waals surface area contributed by atoms with E-state index in [-0.39, 0.29) is 0 Å². The zero-order valence-corrected chi connectivity index (χ0v) is 9.54. The summed E-state index contributed by atoms with van der Waals surface area (Å²) in [5.74, 6) is 0. The van der Waals surface area contributed by atoms with Crippen molar-refractivity contribution in [2.24, 2.45) is 0 Å². The van der Waals surface area contributed by atoms with E-state index in [1.54, 1.807) is 12.4 Å². The van der Waals surface area contributed by atoms with Crippen LogP contribution in [0.15, 0.2) is 55.1 Å². The Hall–Kier alpha value is -2.69. The minimum Gasteiger partial charge on any atom is -0.353 e. The third-order valence-corrected chi connectivity index (χ3v) is 2.64. The highest BCUT2D eigenvalue weighted by Crippen LogP contribution is 2.23. The number of pyridine rings is 1. The number of benzene rings is 1. The van der Waals surface area contributed by atoms with Gasteiger partial charge in [0.25, 0.3) is 0 Å². The van der Waals surface area contributed by atoms with E-state index in [1.165, 1.54) is 16.3 Å². The van der Waals surface area contributed by atoms with Gasteiger partial charge < -0.3 is 4.98 Å².